The summed E-state index contributed by atoms with van der Waals surface area (Å²) in [6, 6.07) is 0.199. The Hall–Kier alpha value is -2.68. The number of halogens is 6. The number of carboxylic acid groups (broad SMARTS) is 2. The Kier molecular flexibility index (Phi) is 14.7. The van der Waals surface area contributed by atoms with E-state index in [0.29, 0.717) is 26.4 Å². The third-order valence-corrected chi connectivity index (χ3v) is 14.4. The highest BCUT2D eigenvalue weighted by Crippen LogP contribution is 2.52. The van der Waals surface area contributed by atoms with Crippen LogP contribution in [0.4, 0.5) is 26.3 Å². The van der Waals surface area contributed by atoms with Gasteiger partial charge >= 0.3 is 24.3 Å². The lowest BCUT2D eigenvalue weighted by Gasteiger charge is -2.39. The molecular formula is C36H54F6N8O8S2. The number of nitrogens with one attached hydrogen (secondary N) is 4. The Labute approximate surface area is 349 Å². The molecule has 2 fully saturated rings. The van der Waals surface area contributed by atoms with Crippen molar-refractivity contribution in [3.05, 3.63) is 33.9 Å². The molecule has 6 N–H and O–H groups in total. The zero-order chi connectivity index (χ0) is 44.6. The number of fused-ring (bicyclic) bond motifs is 6. The molecule has 24 heteroatoms. The van der Waals surface area contributed by atoms with E-state index in [1.807, 2.05) is 41.5 Å². The summed E-state index contributed by atoms with van der Waals surface area (Å²) < 4.78 is 111. The largest absolute Gasteiger partial charge is 0.598 e. The summed E-state index contributed by atoms with van der Waals surface area (Å²) in [6.45, 7) is 20.5. The number of rotatable bonds is 4. The summed E-state index contributed by atoms with van der Waals surface area (Å²) in [4.78, 5) is 17.8. The molecule has 0 saturated carbocycles. The predicted molar refractivity (Wildman–Crippen MR) is 205 cm³/mol. The maximum atomic E-state index is 12.8. The van der Waals surface area contributed by atoms with E-state index in [1.54, 1.807) is 0 Å². The van der Waals surface area contributed by atoms with Gasteiger partial charge in [-0.3, -0.25) is 9.36 Å². The number of alkyl halides is 6. The maximum Gasteiger partial charge on any atom is 0.490 e. The van der Waals surface area contributed by atoms with Crippen molar-refractivity contribution < 1.29 is 64.7 Å². The van der Waals surface area contributed by atoms with Gasteiger partial charge in [-0.1, -0.05) is 0 Å². The first-order valence-electron chi connectivity index (χ1n) is 19.4. The van der Waals surface area contributed by atoms with E-state index >= 15 is 0 Å². The lowest BCUT2D eigenvalue weighted by molar-refractivity contribution is -0.193. The van der Waals surface area contributed by atoms with Gasteiger partial charge in [0.25, 0.3) is 0 Å². The van der Waals surface area contributed by atoms with Gasteiger partial charge in [0, 0.05) is 57.8 Å². The standard InChI is InChI=1S/2C16H26N4O2S.2C2HF3O2/c2*1-15(2,3)23(21)19-14-13-11-8-22-9-12(11)18-20(13)10-16(14)4-6-17-7-5-16;2*3-2(4,5)1(6)7/h2*14,17,19H,4-10H2,1-3H3;2*(H,6,7)/t2*14-,23?;;/m11../s1. The highest BCUT2D eigenvalue weighted by Gasteiger charge is 2.54. The van der Waals surface area contributed by atoms with E-state index in [9.17, 15) is 35.4 Å². The first kappa shape index (κ1) is 48.4. The number of carbonyl (C=O) groups is 2. The van der Waals surface area contributed by atoms with Gasteiger partial charge in [-0.25, -0.2) is 9.59 Å². The Bertz CT molecular complexity index is 1710. The molecule has 0 bridgehead atoms. The highest BCUT2D eigenvalue weighted by molar-refractivity contribution is 7.91. The normalized spacial score (nSPS) is 23.5. The zero-order valence-corrected chi connectivity index (χ0v) is 35.9. The molecule has 2 aromatic heterocycles. The Morgan fingerprint density at radius 1 is 0.667 bits per heavy atom. The van der Waals surface area contributed by atoms with Crippen LogP contribution in [0.25, 0.3) is 0 Å². The second-order valence-corrected chi connectivity index (χ2v) is 21.6. The van der Waals surface area contributed by atoms with Gasteiger partial charge < -0.3 is 39.4 Å². The summed E-state index contributed by atoms with van der Waals surface area (Å²) in [6.07, 6.45) is -5.81. The van der Waals surface area contributed by atoms with Gasteiger partial charge in [0.15, 0.2) is 0 Å². The van der Waals surface area contributed by atoms with Crippen LogP contribution in [0, 0.1) is 10.8 Å². The van der Waals surface area contributed by atoms with Crippen LogP contribution in [0.15, 0.2) is 0 Å². The van der Waals surface area contributed by atoms with Crippen molar-refractivity contribution in [1.82, 2.24) is 39.6 Å². The third kappa shape index (κ3) is 10.7. The molecule has 4 atom stereocenters. The molecule has 340 valence electrons. The van der Waals surface area contributed by atoms with Crippen molar-refractivity contribution >= 4 is 34.7 Å². The quantitative estimate of drug-likeness (QED) is 0.188. The van der Waals surface area contributed by atoms with Gasteiger partial charge in [-0.2, -0.15) is 36.5 Å². The minimum Gasteiger partial charge on any atom is -0.598 e. The molecule has 0 amide bonds. The molecule has 2 saturated heterocycles. The molecule has 0 aromatic carbocycles. The number of aliphatic carboxylic acids is 2. The van der Waals surface area contributed by atoms with Crippen LogP contribution in [0.5, 0.6) is 0 Å². The fourth-order valence-corrected chi connectivity index (χ4v) is 9.95. The molecule has 8 heterocycles. The topological polar surface area (TPSA) is 223 Å². The molecule has 2 aromatic rings. The first-order chi connectivity index (χ1) is 27.7. The number of hydrogen-bond acceptors (Lipinski definition) is 12. The number of ether oxygens (including phenoxy) is 2. The van der Waals surface area contributed by atoms with Crippen LogP contribution in [-0.4, -0.2) is 98.8 Å². The number of aromatic nitrogens is 4. The predicted octanol–water partition coefficient (Wildman–Crippen LogP) is 4.05. The van der Waals surface area contributed by atoms with E-state index in [1.165, 1.54) is 22.5 Å². The molecule has 2 unspecified atom stereocenters. The summed E-state index contributed by atoms with van der Waals surface area (Å²) >= 11 is -2.19. The fraction of sp³-hybridized carbons (Fsp3) is 0.778. The molecular weight excluding hydrogens is 851 g/mol. The van der Waals surface area contributed by atoms with Crippen LogP contribution >= 0.6 is 0 Å². The number of piperidine rings is 2. The van der Waals surface area contributed by atoms with Gasteiger partial charge in [0.2, 0.25) is 0 Å². The minimum absolute atomic E-state index is 0.0996. The SMILES string of the molecule is CC(C)(C)[S+]([O-])N[C@@H]1c2c3c(nn2CC12CCNCC2)COC3.CC(C)(C)[S+]([O-])N[C@@H]1c2c3c(nn2CC12CCNCC2)COC3.O=C(O)C(F)(F)F.O=C(O)C(F)(F)F. The van der Waals surface area contributed by atoms with E-state index < -0.39 is 47.0 Å². The van der Waals surface area contributed by atoms with Crippen molar-refractivity contribution in [3.8, 4) is 0 Å². The molecule has 60 heavy (non-hydrogen) atoms. The zero-order valence-electron chi connectivity index (χ0n) is 34.3. The second-order valence-electron chi connectivity index (χ2n) is 17.6. The Morgan fingerprint density at radius 2 is 0.967 bits per heavy atom. The Morgan fingerprint density at radius 3 is 1.23 bits per heavy atom. The van der Waals surface area contributed by atoms with E-state index in [-0.39, 0.29) is 32.4 Å². The van der Waals surface area contributed by atoms with Crippen LogP contribution in [-0.2, 0) is 81.3 Å². The monoisotopic (exact) mass is 904 g/mol. The summed E-state index contributed by atoms with van der Waals surface area (Å²) in [5, 5.41) is 30.7. The van der Waals surface area contributed by atoms with Gasteiger partial charge in [0.1, 0.15) is 21.6 Å². The van der Waals surface area contributed by atoms with Crippen molar-refractivity contribution in [2.45, 2.75) is 141 Å². The summed E-state index contributed by atoms with van der Waals surface area (Å²) in [5.41, 5.74) is 7.26. The number of carboxylic acids is 2. The minimum atomic E-state index is -5.08. The van der Waals surface area contributed by atoms with Gasteiger partial charge in [0.05, 0.1) is 49.2 Å². The van der Waals surface area contributed by atoms with Crippen molar-refractivity contribution in [2.75, 3.05) is 26.2 Å². The van der Waals surface area contributed by atoms with Crippen LogP contribution < -0.4 is 20.1 Å². The third-order valence-electron chi connectivity index (χ3n) is 11.3. The lowest BCUT2D eigenvalue weighted by Crippen LogP contribution is -2.49. The maximum absolute atomic E-state index is 12.8. The van der Waals surface area contributed by atoms with E-state index in [4.69, 9.17) is 39.5 Å². The molecule has 0 aliphatic carbocycles. The van der Waals surface area contributed by atoms with Crippen LogP contribution in [0.1, 0.15) is 113 Å². The molecule has 8 rings (SSSR count). The lowest BCUT2D eigenvalue weighted by atomic mass is 9.73. The van der Waals surface area contributed by atoms with Gasteiger partial charge in [-0.15, -0.1) is 9.44 Å². The van der Waals surface area contributed by atoms with Gasteiger partial charge in [-0.05, 0) is 93.4 Å². The summed E-state index contributed by atoms with van der Waals surface area (Å²) in [5.74, 6) is -5.51. The molecule has 6 aliphatic heterocycles. The first-order valence-corrected chi connectivity index (χ1v) is 21.7. The van der Waals surface area contributed by atoms with E-state index in [2.05, 4.69) is 29.4 Å². The van der Waals surface area contributed by atoms with Crippen molar-refractivity contribution in [2.24, 2.45) is 10.8 Å². The van der Waals surface area contributed by atoms with Crippen LogP contribution in [0.2, 0.25) is 0 Å². The Balaban J connectivity index is 0.000000174. The van der Waals surface area contributed by atoms with Crippen molar-refractivity contribution in [3.63, 3.8) is 0 Å². The second kappa shape index (κ2) is 18.2. The molecule has 0 radical (unpaired) electrons. The van der Waals surface area contributed by atoms with Crippen LogP contribution in [0.3, 0.4) is 0 Å². The molecule has 16 nitrogen and oxygen atoms in total. The highest BCUT2D eigenvalue weighted by atomic mass is 32.2. The molecule has 6 aliphatic rings. The summed E-state index contributed by atoms with van der Waals surface area (Å²) in [7, 11) is 0. The van der Waals surface area contributed by atoms with E-state index in [0.717, 1.165) is 76.3 Å². The molecule has 2 spiro atoms. The average Bonchev–Trinajstić information content (AvgIpc) is 3.97. The average molecular weight is 905 g/mol. The smallest absolute Gasteiger partial charge is 0.490 e. The van der Waals surface area contributed by atoms with Crippen molar-refractivity contribution in [1.29, 1.82) is 0 Å². The number of hydrogen-bond donors (Lipinski definition) is 6. The number of nitrogens with zero attached hydrogens (tertiary/aromatic N) is 4. The fourth-order valence-electron chi connectivity index (χ4n) is 8.09.